The molecule has 3 heterocycles. The van der Waals surface area contributed by atoms with Crippen molar-refractivity contribution in [2.24, 2.45) is 0 Å². The number of nitrogens with zero attached hydrogens (tertiary/aromatic N) is 6. The van der Waals surface area contributed by atoms with Gasteiger partial charge in [0.2, 0.25) is 5.91 Å². The minimum Gasteiger partial charge on any atom is -0.497 e. The van der Waals surface area contributed by atoms with Crippen molar-refractivity contribution in [1.29, 1.82) is 0 Å². The number of halogens is 1. The Labute approximate surface area is 284 Å². The fourth-order valence-electron chi connectivity index (χ4n) is 6.48. The third kappa shape index (κ3) is 7.31. The second-order valence-electron chi connectivity index (χ2n) is 12.2. The normalized spacial score (nSPS) is 15.7. The van der Waals surface area contributed by atoms with Gasteiger partial charge in [-0.25, -0.2) is 18.8 Å². The lowest BCUT2D eigenvalue weighted by atomic mass is 10.1. The average molecular weight is 672 g/mol. The van der Waals surface area contributed by atoms with E-state index in [4.69, 9.17) is 14.5 Å². The van der Waals surface area contributed by atoms with Crippen LogP contribution in [0, 0.1) is 5.82 Å². The van der Waals surface area contributed by atoms with Gasteiger partial charge in [0, 0.05) is 24.8 Å². The quantitative estimate of drug-likeness (QED) is 0.260. The van der Waals surface area contributed by atoms with Crippen molar-refractivity contribution in [2.75, 3.05) is 74.8 Å². The van der Waals surface area contributed by atoms with Crippen LogP contribution in [0.25, 0.3) is 10.9 Å². The number of benzene rings is 3. The summed E-state index contributed by atoms with van der Waals surface area (Å²) in [7, 11) is 1.55. The van der Waals surface area contributed by atoms with E-state index in [2.05, 4.69) is 10.2 Å². The molecule has 13 heteroatoms. The number of hydrogen-bond acceptors (Lipinski definition) is 8. The van der Waals surface area contributed by atoms with Gasteiger partial charge in [-0.2, -0.15) is 0 Å². The molecule has 0 spiro atoms. The average Bonchev–Trinajstić information content (AvgIpc) is 3.63. The number of rotatable bonds is 10. The Balaban J connectivity index is 1.40. The lowest BCUT2D eigenvalue weighted by molar-refractivity contribution is -0.132. The summed E-state index contributed by atoms with van der Waals surface area (Å²) in [6.07, 6.45) is 2.23. The highest BCUT2D eigenvalue weighted by molar-refractivity contribution is 6.03. The van der Waals surface area contributed by atoms with Gasteiger partial charge in [0.1, 0.15) is 17.3 Å². The zero-order valence-corrected chi connectivity index (χ0v) is 28.1. The van der Waals surface area contributed by atoms with Crippen molar-refractivity contribution in [2.45, 2.75) is 32.7 Å². The molecule has 0 saturated carbocycles. The van der Waals surface area contributed by atoms with Gasteiger partial charge in [0.25, 0.3) is 5.56 Å². The zero-order valence-electron chi connectivity index (χ0n) is 28.1. The first-order chi connectivity index (χ1) is 23.8. The number of carbonyl (C=O) groups excluding carboxylic acids is 2. The Bertz CT molecular complexity index is 1850. The molecule has 1 N–H and O–H groups in total. The van der Waals surface area contributed by atoms with E-state index in [1.165, 1.54) is 29.2 Å². The molecular formula is C36H42FN7O5. The lowest BCUT2D eigenvalue weighted by Gasteiger charge is -2.39. The van der Waals surface area contributed by atoms with Gasteiger partial charge in [0.05, 0.1) is 56.0 Å². The van der Waals surface area contributed by atoms with E-state index < -0.39 is 17.9 Å². The van der Waals surface area contributed by atoms with Crippen molar-refractivity contribution >= 4 is 34.2 Å². The maximum absolute atomic E-state index is 14.3. The van der Waals surface area contributed by atoms with E-state index in [1.54, 1.807) is 55.1 Å². The molecule has 258 valence electrons. The fourth-order valence-corrected chi connectivity index (χ4v) is 6.48. The molecule has 4 aromatic rings. The number of amides is 3. The molecule has 0 aliphatic carbocycles. The summed E-state index contributed by atoms with van der Waals surface area (Å²) in [5.74, 6) is 0.914. The molecule has 1 unspecified atom stereocenters. The number of aromatic nitrogens is 2. The number of anilines is 2. The van der Waals surface area contributed by atoms with Crippen LogP contribution < -0.4 is 30.3 Å². The second kappa shape index (κ2) is 14.9. The molecule has 2 aliphatic heterocycles. The number of piperazine rings is 1. The molecule has 2 fully saturated rings. The van der Waals surface area contributed by atoms with Crippen molar-refractivity contribution in [1.82, 2.24) is 19.5 Å². The molecule has 2 aliphatic rings. The maximum Gasteiger partial charge on any atom is 0.327 e. The summed E-state index contributed by atoms with van der Waals surface area (Å²) in [4.78, 5) is 52.2. The van der Waals surface area contributed by atoms with Crippen molar-refractivity contribution in [3.8, 4) is 11.5 Å². The Morgan fingerprint density at radius 1 is 0.980 bits per heavy atom. The SMILES string of the molecule is CCOc1cc(OC)ccc1N(C(=O)Nc1ccc(F)cc1)C(C)c1nc2ccccc2c(=O)n1N1CCN(C(=O)CN2CCCC2)CC1. The predicted octanol–water partition coefficient (Wildman–Crippen LogP) is 4.62. The number of likely N-dealkylation sites (tertiary alicyclic amines) is 1. The van der Waals surface area contributed by atoms with Crippen LogP contribution in [-0.4, -0.2) is 90.9 Å². The van der Waals surface area contributed by atoms with Gasteiger partial charge in [0.15, 0.2) is 5.82 Å². The molecule has 1 atom stereocenters. The van der Waals surface area contributed by atoms with E-state index in [0.717, 1.165) is 25.9 Å². The zero-order chi connectivity index (χ0) is 34.5. The van der Waals surface area contributed by atoms with Crippen LogP contribution in [0.5, 0.6) is 11.5 Å². The Morgan fingerprint density at radius 2 is 1.69 bits per heavy atom. The number of urea groups is 1. The Morgan fingerprint density at radius 3 is 2.39 bits per heavy atom. The minimum atomic E-state index is -0.819. The van der Waals surface area contributed by atoms with Crippen LogP contribution in [0.15, 0.2) is 71.5 Å². The van der Waals surface area contributed by atoms with Crippen LogP contribution in [0.2, 0.25) is 0 Å². The first-order valence-corrected chi connectivity index (χ1v) is 16.7. The highest BCUT2D eigenvalue weighted by atomic mass is 19.1. The van der Waals surface area contributed by atoms with Gasteiger partial charge in [-0.05, 0) is 88.3 Å². The molecule has 1 aromatic heterocycles. The van der Waals surface area contributed by atoms with Gasteiger partial charge in [-0.15, -0.1) is 0 Å². The standard InChI is InChI=1S/C36H42FN7O5/c1-4-49-32-23-28(48-3)15-16-31(32)43(36(47)38-27-13-11-26(37)12-14-27)25(2)34-39-30-10-6-5-9-29(30)35(46)44(34)42-21-19-41(20-22-42)33(45)24-40-17-7-8-18-40/h5-6,9-16,23,25H,4,7-8,17-22,24H2,1-3H3,(H,38,47). The summed E-state index contributed by atoms with van der Waals surface area (Å²) in [5.41, 5.74) is 1.02. The van der Waals surface area contributed by atoms with Gasteiger partial charge >= 0.3 is 6.03 Å². The van der Waals surface area contributed by atoms with Crippen LogP contribution in [-0.2, 0) is 4.79 Å². The van der Waals surface area contributed by atoms with E-state index in [1.807, 2.05) is 22.9 Å². The number of hydrogen-bond donors (Lipinski definition) is 1. The highest BCUT2D eigenvalue weighted by Crippen LogP contribution is 2.37. The molecule has 2 saturated heterocycles. The molecular weight excluding hydrogens is 629 g/mol. The summed E-state index contributed by atoms with van der Waals surface area (Å²) < 4.78 is 26.7. The largest absolute Gasteiger partial charge is 0.497 e. The Hall–Kier alpha value is -5.17. The number of nitrogens with one attached hydrogen (secondary N) is 1. The molecule has 3 aromatic carbocycles. The van der Waals surface area contributed by atoms with Crippen molar-refractivity contribution in [3.63, 3.8) is 0 Å². The second-order valence-corrected chi connectivity index (χ2v) is 12.2. The number of ether oxygens (including phenoxy) is 2. The number of para-hydroxylation sites is 1. The van der Waals surface area contributed by atoms with Crippen molar-refractivity contribution in [3.05, 3.63) is 88.7 Å². The molecule has 49 heavy (non-hydrogen) atoms. The summed E-state index contributed by atoms with van der Waals surface area (Å²) >= 11 is 0. The predicted molar refractivity (Wildman–Crippen MR) is 187 cm³/mol. The molecule has 0 bridgehead atoms. The van der Waals surface area contributed by atoms with E-state index >= 15 is 0 Å². The fraction of sp³-hybridized carbons (Fsp3) is 0.389. The van der Waals surface area contributed by atoms with Crippen molar-refractivity contribution < 1.29 is 23.5 Å². The number of carbonyl (C=O) groups is 2. The topological polar surface area (TPSA) is 112 Å². The third-order valence-electron chi connectivity index (χ3n) is 9.03. The number of fused-ring (bicyclic) bond motifs is 1. The third-order valence-corrected chi connectivity index (χ3v) is 9.03. The lowest BCUT2D eigenvalue weighted by Crippen LogP contribution is -2.57. The van der Waals surface area contributed by atoms with E-state index in [0.29, 0.717) is 78.9 Å². The van der Waals surface area contributed by atoms with Gasteiger partial charge < -0.3 is 24.7 Å². The first kappa shape index (κ1) is 33.7. The smallest absolute Gasteiger partial charge is 0.327 e. The van der Waals surface area contributed by atoms with Crippen LogP contribution in [0.3, 0.4) is 0 Å². The van der Waals surface area contributed by atoms with Gasteiger partial charge in [-0.1, -0.05) is 12.1 Å². The summed E-state index contributed by atoms with van der Waals surface area (Å²) in [5, 5.41) is 5.21. The first-order valence-electron chi connectivity index (χ1n) is 16.7. The molecule has 6 rings (SSSR count). The summed E-state index contributed by atoms with van der Waals surface area (Å²) in [6.45, 7) is 7.94. The minimum absolute atomic E-state index is 0.0886. The number of methoxy groups -OCH3 is 1. The Kier molecular flexibility index (Phi) is 10.3. The summed E-state index contributed by atoms with van der Waals surface area (Å²) in [6, 6.07) is 16.4. The molecule has 12 nitrogen and oxygen atoms in total. The van der Waals surface area contributed by atoms with E-state index in [-0.39, 0.29) is 11.5 Å². The van der Waals surface area contributed by atoms with E-state index in [9.17, 15) is 18.8 Å². The molecule has 3 amide bonds. The maximum atomic E-state index is 14.3. The van der Waals surface area contributed by atoms with Crippen LogP contribution in [0.4, 0.5) is 20.6 Å². The van der Waals surface area contributed by atoms with Gasteiger partial charge in [-0.3, -0.25) is 19.4 Å². The monoisotopic (exact) mass is 671 g/mol. The molecule has 0 radical (unpaired) electrons. The highest BCUT2D eigenvalue weighted by Gasteiger charge is 2.33. The van der Waals surface area contributed by atoms with Crippen LogP contribution in [0.1, 0.15) is 38.6 Å². The van der Waals surface area contributed by atoms with Crippen LogP contribution >= 0.6 is 0 Å².